The summed E-state index contributed by atoms with van der Waals surface area (Å²) < 4.78 is 45.9. The zero-order valence-corrected chi connectivity index (χ0v) is 34.7. The molecule has 7 atom stereocenters. The maximum absolute atomic E-state index is 14.9. The Morgan fingerprint density at radius 3 is 2.56 bits per heavy atom. The molecule has 2 aromatic rings. The lowest BCUT2D eigenvalue weighted by molar-refractivity contribution is -0.142. The first-order valence-electron chi connectivity index (χ1n) is 20.1. The molecule has 2 aliphatic carbocycles. The van der Waals surface area contributed by atoms with E-state index in [1.54, 1.807) is 33.9 Å². The second kappa shape index (κ2) is 15.0. The van der Waals surface area contributed by atoms with Gasteiger partial charge in [0.05, 0.1) is 23.5 Å². The van der Waals surface area contributed by atoms with Gasteiger partial charge in [-0.15, -0.1) is 0 Å². The first-order valence-corrected chi connectivity index (χ1v) is 21.6. The largest absolute Gasteiger partial charge is 0.489 e. The number of allylic oxidation sites excluding steroid dienone is 1. The zero-order valence-electron chi connectivity index (χ0n) is 33.9. The molecule has 310 valence electrons. The number of amides is 4. The number of pyridine rings is 1. The van der Waals surface area contributed by atoms with Crippen molar-refractivity contribution in [3.8, 4) is 11.6 Å². The molecule has 1 saturated heterocycles. The highest BCUT2D eigenvalue weighted by atomic mass is 32.2. The normalized spacial score (nSPS) is 30.0. The van der Waals surface area contributed by atoms with Crippen molar-refractivity contribution in [2.45, 2.75) is 121 Å². The van der Waals surface area contributed by atoms with Crippen LogP contribution in [0.1, 0.15) is 86.5 Å². The van der Waals surface area contributed by atoms with Crippen molar-refractivity contribution in [2.75, 3.05) is 31.6 Å². The van der Waals surface area contributed by atoms with Crippen LogP contribution in [0, 0.1) is 17.8 Å². The molecular weight excluding hydrogens is 753 g/mol. The van der Waals surface area contributed by atoms with E-state index in [2.05, 4.69) is 32.2 Å². The fourth-order valence-corrected chi connectivity index (χ4v) is 9.64. The van der Waals surface area contributed by atoms with Crippen molar-refractivity contribution in [1.29, 1.82) is 0 Å². The number of sulfonamides is 1. The lowest BCUT2D eigenvalue weighted by atomic mass is 9.88. The standard InChI is InChI=1S/C41H56N6O9S/c1-24-10-8-9-11-26-22-41(26,37(50)45-57(52,53)40(6)15-16-40)44-34(48)31-21-27(23-47(31)36(49)32(25(2)20-24)43-38(51)56-39(3,4)5)55-35-29-12-13-30-33(28(29)14-17-42-35)54-19-18-46(30)7/h9,11-14,17,24-27,31-32H,8,10,15-16,18-23H2,1-7H3,(H,43,51)(H,44,48)(H,45,50). The fraction of sp³-hybridized carbons (Fsp3) is 0.634. The molecule has 16 heteroatoms. The summed E-state index contributed by atoms with van der Waals surface area (Å²) in [5, 5.41) is 7.26. The van der Waals surface area contributed by atoms with Crippen LogP contribution in [0.2, 0.25) is 0 Å². The fourth-order valence-electron chi connectivity index (χ4n) is 8.33. The van der Waals surface area contributed by atoms with Crippen LogP contribution in [0.5, 0.6) is 11.6 Å². The Bertz CT molecular complexity index is 2080. The average Bonchev–Trinajstić information content (AvgIpc) is 4.01. The highest BCUT2D eigenvalue weighted by Crippen LogP contribution is 2.48. The summed E-state index contributed by atoms with van der Waals surface area (Å²) in [5.74, 6) is -1.54. The van der Waals surface area contributed by atoms with E-state index >= 15 is 0 Å². The van der Waals surface area contributed by atoms with Gasteiger partial charge in [0, 0.05) is 36.4 Å². The Balaban J connectivity index is 1.23. The summed E-state index contributed by atoms with van der Waals surface area (Å²) in [5.41, 5.74) is -1.41. The van der Waals surface area contributed by atoms with Gasteiger partial charge in [0.25, 0.3) is 5.91 Å². The predicted molar refractivity (Wildman–Crippen MR) is 213 cm³/mol. The molecule has 57 heavy (non-hydrogen) atoms. The number of hydrogen-bond donors (Lipinski definition) is 3. The maximum Gasteiger partial charge on any atom is 0.408 e. The molecule has 4 heterocycles. The monoisotopic (exact) mass is 808 g/mol. The van der Waals surface area contributed by atoms with Crippen LogP contribution in [0.4, 0.5) is 10.5 Å². The number of alkyl carbamates (subject to hydrolysis) is 1. The smallest absolute Gasteiger partial charge is 0.408 e. The number of rotatable bonds is 6. The van der Waals surface area contributed by atoms with Crippen molar-refractivity contribution in [1.82, 2.24) is 25.2 Å². The van der Waals surface area contributed by atoms with E-state index in [1.807, 2.05) is 44.3 Å². The number of benzene rings is 1. The molecule has 0 bridgehead atoms. The summed E-state index contributed by atoms with van der Waals surface area (Å²) in [6.07, 6.45) is 7.15. The topological polar surface area (TPSA) is 186 Å². The molecule has 4 amide bonds. The van der Waals surface area contributed by atoms with Crippen molar-refractivity contribution in [2.24, 2.45) is 17.8 Å². The molecule has 0 radical (unpaired) electrons. The number of nitrogens with zero attached hydrogens (tertiary/aromatic N) is 3. The number of ether oxygens (including phenoxy) is 3. The van der Waals surface area contributed by atoms with Crippen molar-refractivity contribution in [3.63, 3.8) is 0 Å². The van der Waals surface area contributed by atoms with E-state index in [0.29, 0.717) is 43.6 Å². The van der Waals surface area contributed by atoms with E-state index in [1.165, 1.54) is 4.90 Å². The van der Waals surface area contributed by atoms with Gasteiger partial charge in [-0.05, 0) is 96.3 Å². The number of likely N-dealkylation sites (N-methyl/N-ethyl adjacent to an activating group) is 1. The second-order valence-electron chi connectivity index (χ2n) is 18.0. The van der Waals surface area contributed by atoms with Crippen LogP contribution >= 0.6 is 0 Å². The average molecular weight is 809 g/mol. The molecule has 3 fully saturated rings. The van der Waals surface area contributed by atoms with Crippen LogP contribution in [0.25, 0.3) is 10.8 Å². The van der Waals surface area contributed by atoms with Gasteiger partial charge in [0.2, 0.25) is 27.7 Å². The minimum Gasteiger partial charge on any atom is -0.489 e. The minimum absolute atomic E-state index is 0.0246. The molecule has 7 unspecified atom stereocenters. The highest BCUT2D eigenvalue weighted by molar-refractivity contribution is 7.91. The van der Waals surface area contributed by atoms with Crippen LogP contribution in [0.3, 0.4) is 0 Å². The molecule has 3 N–H and O–H groups in total. The number of hydrogen-bond acceptors (Lipinski definition) is 11. The van der Waals surface area contributed by atoms with Gasteiger partial charge in [-0.2, -0.15) is 0 Å². The number of carbonyl (C=O) groups is 4. The second-order valence-corrected chi connectivity index (χ2v) is 20.2. The third kappa shape index (κ3) is 8.24. The van der Waals surface area contributed by atoms with E-state index in [9.17, 15) is 27.6 Å². The summed E-state index contributed by atoms with van der Waals surface area (Å²) in [6, 6.07) is 3.54. The van der Waals surface area contributed by atoms with Gasteiger partial charge in [-0.1, -0.05) is 26.0 Å². The Kier molecular flexibility index (Phi) is 10.7. The molecule has 3 aliphatic heterocycles. The number of anilines is 1. The third-order valence-corrected chi connectivity index (χ3v) is 14.3. The van der Waals surface area contributed by atoms with Crippen molar-refractivity contribution < 1.29 is 41.8 Å². The van der Waals surface area contributed by atoms with Gasteiger partial charge in [0.1, 0.15) is 35.9 Å². The summed E-state index contributed by atoms with van der Waals surface area (Å²) in [7, 11) is -2.00. The summed E-state index contributed by atoms with van der Waals surface area (Å²) in [4.78, 5) is 64.7. The third-order valence-electron chi connectivity index (χ3n) is 12.1. The molecule has 15 nitrogen and oxygen atoms in total. The first-order chi connectivity index (χ1) is 26.8. The van der Waals surface area contributed by atoms with E-state index in [0.717, 1.165) is 29.8 Å². The summed E-state index contributed by atoms with van der Waals surface area (Å²) in [6.45, 7) is 12.0. The van der Waals surface area contributed by atoms with Crippen LogP contribution in [-0.2, 0) is 29.1 Å². The van der Waals surface area contributed by atoms with Crippen LogP contribution in [0.15, 0.2) is 36.5 Å². The van der Waals surface area contributed by atoms with E-state index < -0.39 is 73.8 Å². The minimum atomic E-state index is -4.00. The maximum atomic E-state index is 14.9. The van der Waals surface area contributed by atoms with E-state index in [4.69, 9.17) is 14.2 Å². The SMILES string of the molecule is CC1CCC=CC2CC2(C(=O)NS(=O)(=O)C2(C)CC2)NC(=O)C2CC(Oc3nccc4c5c(ccc34)N(C)CCO5)CN2C(=O)C(NC(=O)OC(C)(C)C)C(C)C1. The molecule has 1 aromatic carbocycles. The molecule has 2 saturated carbocycles. The molecule has 0 spiro atoms. The van der Waals surface area contributed by atoms with Gasteiger partial charge < -0.3 is 34.6 Å². The number of nitrogens with one attached hydrogen (secondary N) is 3. The molecule has 5 aliphatic rings. The molecular formula is C41H56N6O9S. The lowest BCUT2D eigenvalue weighted by Gasteiger charge is -2.33. The lowest BCUT2D eigenvalue weighted by Crippen LogP contribution is -2.59. The van der Waals surface area contributed by atoms with Gasteiger partial charge >= 0.3 is 6.09 Å². The van der Waals surface area contributed by atoms with Crippen LogP contribution in [-0.4, -0.2) is 103 Å². The van der Waals surface area contributed by atoms with Crippen LogP contribution < -0.4 is 29.7 Å². The Labute approximate surface area is 334 Å². The van der Waals surface area contributed by atoms with Crippen molar-refractivity contribution in [3.05, 3.63) is 36.5 Å². The Morgan fingerprint density at radius 1 is 1.09 bits per heavy atom. The highest BCUT2D eigenvalue weighted by Gasteiger charge is 2.63. The quantitative estimate of drug-likeness (QED) is 0.356. The summed E-state index contributed by atoms with van der Waals surface area (Å²) >= 11 is 0. The van der Waals surface area contributed by atoms with Gasteiger partial charge in [-0.3, -0.25) is 19.1 Å². The Hall–Kier alpha value is -4.60. The van der Waals surface area contributed by atoms with Crippen molar-refractivity contribution >= 4 is 50.3 Å². The zero-order chi connectivity index (χ0) is 41.1. The molecule has 7 rings (SSSR count). The molecule has 1 aromatic heterocycles. The van der Waals surface area contributed by atoms with Gasteiger partial charge in [0.15, 0.2) is 5.75 Å². The number of aromatic nitrogens is 1. The van der Waals surface area contributed by atoms with Gasteiger partial charge in [-0.25, -0.2) is 18.2 Å². The predicted octanol–water partition coefficient (Wildman–Crippen LogP) is 4.19. The first kappa shape index (κ1) is 40.6. The number of carbonyl (C=O) groups excluding carboxylic acids is 4. The number of fused-ring (bicyclic) bond motifs is 5. The Morgan fingerprint density at radius 2 is 1.84 bits per heavy atom. The van der Waals surface area contributed by atoms with E-state index in [-0.39, 0.29) is 31.2 Å².